The van der Waals surface area contributed by atoms with Crippen molar-refractivity contribution in [2.45, 2.75) is 50.7 Å². The van der Waals surface area contributed by atoms with Crippen molar-refractivity contribution in [2.75, 3.05) is 18.0 Å². The van der Waals surface area contributed by atoms with Gasteiger partial charge in [0.2, 0.25) is 11.8 Å². The minimum absolute atomic E-state index is 0.0186. The molecule has 4 rings (SSSR count). The van der Waals surface area contributed by atoms with Crippen molar-refractivity contribution in [3.05, 3.63) is 125 Å². The van der Waals surface area contributed by atoms with Crippen LogP contribution in [0.5, 0.6) is 5.75 Å². The molecule has 0 heterocycles. The largest absolute Gasteiger partial charge is 0.497 e. The molecule has 45 heavy (non-hydrogen) atoms. The fraction of sp³-hybridized carbons (Fsp3) is 0.257. The van der Waals surface area contributed by atoms with Crippen LogP contribution in [-0.2, 0) is 32.6 Å². The highest BCUT2D eigenvalue weighted by Gasteiger charge is 2.35. The van der Waals surface area contributed by atoms with Crippen LogP contribution in [0.25, 0.3) is 0 Å². The maximum absolute atomic E-state index is 14.5. The molecule has 8 nitrogen and oxygen atoms in total. The van der Waals surface area contributed by atoms with Gasteiger partial charge in [-0.2, -0.15) is 0 Å². The van der Waals surface area contributed by atoms with Gasteiger partial charge >= 0.3 is 0 Å². The zero-order chi connectivity index (χ0) is 32.6. The summed E-state index contributed by atoms with van der Waals surface area (Å²) in [5.41, 5.74) is 2.91. The number of aryl methyl sites for hydroxylation is 1. The van der Waals surface area contributed by atoms with Crippen molar-refractivity contribution >= 4 is 39.1 Å². The number of sulfonamides is 1. The van der Waals surface area contributed by atoms with E-state index in [9.17, 15) is 18.0 Å². The summed E-state index contributed by atoms with van der Waals surface area (Å²) >= 11 is 6.14. The number of hydrogen-bond donors (Lipinski definition) is 1. The maximum Gasteiger partial charge on any atom is 0.264 e. The molecule has 4 aromatic rings. The summed E-state index contributed by atoms with van der Waals surface area (Å²) in [6, 6.07) is 28.2. The number of methoxy groups -OCH3 is 1. The number of anilines is 1. The predicted octanol–water partition coefficient (Wildman–Crippen LogP) is 6.02. The van der Waals surface area contributed by atoms with Crippen molar-refractivity contribution in [1.82, 2.24) is 10.2 Å². The lowest BCUT2D eigenvalue weighted by Crippen LogP contribution is -2.54. The molecule has 0 saturated carbocycles. The number of carbonyl (C=O) groups excluding carboxylic acids is 2. The van der Waals surface area contributed by atoms with Crippen molar-refractivity contribution in [1.29, 1.82) is 0 Å². The zero-order valence-corrected chi connectivity index (χ0v) is 27.4. The number of nitrogens with zero attached hydrogens (tertiary/aromatic N) is 2. The third-order valence-electron chi connectivity index (χ3n) is 7.34. The first-order valence-electron chi connectivity index (χ1n) is 14.6. The van der Waals surface area contributed by atoms with Crippen LogP contribution in [0.1, 0.15) is 30.5 Å². The number of benzene rings is 4. The van der Waals surface area contributed by atoms with E-state index in [0.29, 0.717) is 10.8 Å². The number of nitrogens with one attached hydrogen (secondary N) is 1. The molecular formula is C35H38ClN3O5S. The lowest BCUT2D eigenvalue weighted by molar-refractivity contribution is -0.140. The summed E-state index contributed by atoms with van der Waals surface area (Å²) in [6.45, 7) is 5.20. The first kappa shape index (κ1) is 33.6. The Balaban J connectivity index is 1.81. The Labute approximate surface area is 270 Å². The van der Waals surface area contributed by atoms with Crippen molar-refractivity contribution in [3.63, 3.8) is 0 Å². The van der Waals surface area contributed by atoms with Gasteiger partial charge in [0.15, 0.2) is 0 Å². The minimum atomic E-state index is -4.24. The number of halogens is 1. The summed E-state index contributed by atoms with van der Waals surface area (Å²) in [7, 11) is -2.75. The van der Waals surface area contributed by atoms with Gasteiger partial charge in [0.05, 0.1) is 17.7 Å². The Morgan fingerprint density at radius 2 is 1.49 bits per heavy atom. The Bertz CT molecular complexity index is 1700. The molecule has 0 spiro atoms. The van der Waals surface area contributed by atoms with Gasteiger partial charge in [-0.1, -0.05) is 66.2 Å². The molecule has 0 unspecified atom stereocenters. The first-order chi connectivity index (χ1) is 21.5. The molecule has 0 aliphatic carbocycles. The second-order valence-electron chi connectivity index (χ2n) is 11.0. The molecule has 0 aliphatic rings. The van der Waals surface area contributed by atoms with Crippen molar-refractivity contribution < 1.29 is 22.7 Å². The molecule has 10 heteroatoms. The monoisotopic (exact) mass is 647 g/mol. The molecule has 0 aromatic heterocycles. The highest BCUT2D eigenvalue weighted by atomic mass is 35.5. The van der Waals surface area contributed by atoms with Crippen LogP contribution in [0.3, 0.4) is 0 Å². The average molecular weight is 648 g/mol. The number of hydrogen-bond acceptors (Lipinski definition) is 5. The third kappa shape index (κ3) is 8.65. The van der Waals surface area contributed by atoms with Gasteiger partial charge in [-0.3, -0.25) is 13.9 Å². The topological polar surface area (TPSA) is 96.0 Å². The zero-order valence-electron chi connectivity index (χ0n) is 25.8. The number of ether oxygens (including phenoxy) is 1. The van der Waals surface area contributed by atoms with E-state index in [-0.39, 0.29) is 35.5 Å². The maximum atomic E-state index is 14.5. The fourth-order valence-corrected chi connectivity index (χ4v) is 6.46. The minimum Gasteiger partial charge on any atom is -0.497 e. The van der Waals surface area contributed by atoms with Crippen molar-refractivity contribution in [2.24, 2.45) is 0 Å². The molecule has 2 amide bonds. The lowest BCUT2D eigenvalue weighted by Gasteiger charge is -2.34. The van der Waals surface area contributed by atoms with Gasteiger partial charge < -0.3 is 15.0 Å². The van der Waals surface area contributed by atoms with E-state index in [1.807, 2.05) is 75.4 Å². The molecule has 0 fully saturated rings. The second-order valence-corrected chi connectivity index (χ2v) is 13.3. The van der Waals surface area contributed by atoms with Gasteiger partial charge in [0.1, 0.15) is 18.3 Å². The molecule has 236 valence electrons. The van der Waals surface area contributed by atoms with Crippen LogP contribution in [0.2, 0.25) is 5.02 Å². The number of carbonyl (C=O) groups is 2. The van der Waals surface area contributed by atoms with Gasteiger partial charge in [-0.15, -0.1) is 0 Å². The Hall–Kier alpha value is -4.34. The van der Waals surface area contributed by atoms with Gasteiger partial charge in [0.25, 0.3) is 10.0 Å². The number of rotatable bonds is 13. The molecular weight excluding hydrogens is 610 g/mol. The summed E-state index contributed by atoms with van der Waals surface area (Å²) in [6.07, 6.45) is 0.239. The molecule has 1 atom stereocenters. The van der Waals surface area contributed by atoms with Crippen LogP contribution in [0, 0.1) is 6.92 Å². The van der Waals surface area contributed by atoms with E-state index >= 15 is 0 Å². The quantitative estimate of drug-likeness (QED) is 0.192. The Kier molecular flexibility index (Phi) is 11.3. The molecule has 4 aromatic carbocycles. The highest BCUT2D eigenvalue weighted by molar-refractivity contribution is 7.92. The van der Waals surface area contributed by atoms with E-state index < -0.39 is 28.5 Å². The summed E-state index contributed by atoms with van der Waals surface area (Å²) in [5.74, 6) is -0.371. The molecule has 0 aliphatic heterocycles. The van der Waals surface area contributed by atoms with Crippen LogP contribution in [-0.4, -0.2) is 50.9 Å². The van der Waals surface area contributed by atoms with Crippen LogP contribution in [0.4, 0.5) is 5.69 Å². The van der Waals surface area contributed by atoms with E-state index in [4.69, 9.17) is 16.3 Å². The van der Waals surface area contributed by atoms with Gasteiger partial charge in [0, 0.05) is 24.0 Å². The lowest BCUT2D eigenvalue weighted by atomic mass is 10.0. The number of amides is 2. The highest BCUT2D eigenvalue weighted by Crippen LogP contribution is 2.27. The van der Waals surface area contributed by atoms with Crippen LogP contribution >= 0.6 is 11.6 Å². The molecule has 0 saturated heterocycles. The summed E-state index contributed by atoms with van der Waals surface area (Å²) in [5, 5.41) is 3.38. The van der Waals surface area contributed by atoms with Crippen LogP contribution < -0.4 is 14.4 Å². The van der Waals surface area contributed by atoms with Crippen molar-refractivity contribution in [3.8, 4) is 5.75 Å². The SMILES string of the molecule is COc1ccc(S(=O)(=O)N(CC(=O)N(Cc2ccccc2C)[C@H](Cc2ccccc2)C(=O)NC(C)C)c2ccc(Cl)cc2)cc1. The second kappa shape index (κ2) is 15.1. The van der Waals surface area contributed by atoms with E-state index in [1.165, 1.54) is 24.1 Å². The van der Waals surface area contributed by atoms with E-state index in [2.05, 4.69) is 5.32 Å². The summed E-state index contributed by atoms with van der Waals surface area (Å²) in [4.78, 5) is 29.8. The predicted molar refractivity (Wildman–Crippen MR) is 178 cm³/mol. The average Bonchev–Trinajstić information content (AvgIpc) is 3.03. The van der Waals surface area contributed by atoms with Gasteiger partial charge in [-0.25, -0.2) is 8.42 Å². The van der Waals surface area contributed by atoms with Crippen LogP contribution in [0.15, 0.2) is 108 Å². The Morgan fingerprint density at radius 1 is 0.867 bits per heavy atom. The smallest absolute Gasteiger partial charge is 0.264 e. The normalized spacial score (nSPS) is 12.0. The molecule has 1 N–H and O–H groups in total. The molecule has 0 radical (unpaired) electrons. The first-order valence-corrected chi connectivity index (χ1v) is 16.4. The fourth-order valence-electron chi connectivity index (χ4n) is 4.92. The van der Waals surface area contributed by atoms with E-state index in [1.54, 1.807) is 36.4 Å². The standard InChI is InChI=1S/C35H38ClN3O5S/c1-25(2)37-35(41)33(22-27-11-6-5-7-12-27)38(23-28-13-9-8-10-26(28)3)34(40)24-39(30-16-14-29(36)15-17-30)45(42,43)32-20-18-31(44-4)19-21-32/h5-21,25,33H,22-24H2,1-4H3,(H,37,41)/t33-/m1/s1. The Morgan fingerprint density at radius 3 is 2.09 bits per heavy atom. The van der Waals surface area contributed by atoms with Gasteiger partial charge in [-0.05, 0) is 86.0 Å². The third-order valence-corrected chi connectivity index (χ3v) is 9.38. The molecule has 0 bridgehead atoms. The van der Waals surface area contributed by atoms with E-state index in [0.717, 1.165) is 21.0 Å². The summed E-state index contributed by atoms with van der Waals surface area (Å²) < 4.78 is 34.5.